The first-order valence-electron chi connectivity index (χ1n) is 6.58. The molecule has 1 unspecified atom stereocenters. The van der Waals surface area contributed by atoms with E-state index in [1.165, 1.54) is 0 Å². The molecular weight excluding hydrogens is 240 g/mol. The number of benzene rings is 1. The van der Waals surface area contributed by atoms with Gasteiger partial charge in [-0.25, -0.2) is 4.98 Å². The summed E-state index contributed by atoms with van der Waals surface area (Å²) in [5.74, 6) is 1.31. The molecule has 3 rings (SSSR count). The zero-order chi connectivity index (χ0) is 13.2. The highest BCUT2D eigenvalue weighted by Gasteiger charge is 2.30. The maximum Gasteiger partial charge on any atom is 0.205 e. The van der Waals surface area contributed by atoms with E-state index in [4.69, 9.17) is 4.74 Å². The Morgan fingerprint density at radius 2 is 2.32 bits per heavy atom. The van der Waals surface area contributed by atoms with Crippen LogP contribution in [-0.2, 0) is 6.54 Å². The third-order valence-corrected chi connectivity index (χ3v) is 3.55. The van der Waals surface area contributed by atoms with Crippen LogP contribution in [0.3, 0.4) is 0 Å². The molecule has 1 aromatic heterocycles. The first-order valence-corrected chi connectivity index (χ1v) is 6.58. The van der Waals surface area contributed by atoms with Crippen LogP contribution in [0.5, 0.6) is 5.75 Å². The lowest BCUT2D eigenvalue weighted by molar-refractivity contribution is 0.0918. The van der Waals surface area contributed by atoms with E-state index in [-0.39, 0.29) is 11.7 Å². The number of carbonyl (C=O) groups excluding carboxylic acids is 1. The number of carbonyl (C=O) groups is 1. The van der Waals surface area contributed by atoms with Gasteiger partial charge < -0.3 is 9.30 Å². The molecule has 1 aliphatic heterocycles. The Hall–Kier alpha value is -2.10. The number of aromatic nitrogens is 2. The van der Waals surface area contributed by atoms with Crippen molar-refractivity contribution < 1.29 is 9.53 Å². The Morgan fingerprint density at radius 1 is 1.47 bits per heavy atom. The predicted molar refractivity (Wildman–Crippen MR) is 71.5 cm³/mol. The third-order valence-electron chi connectivity index (χ3n) is 3.55. The summed E-state index contributed by atoms with van der Waals surface area (Å²) < 4.78 is 7.49. The maximum atomic E-state index is 12.7. The summed E-state index contributed by atoms with van der Waals surface area (Å²) in [5, 5.41) is 0. The minimum absolute atomic E-state index is 0.0857. The lowest BCUT2D eigenvalue weighted by Gasteiger charge is -2.24. The first kappa shape index (κ1) is 12.0. The topological polar surface area (TPSA) is 44.1 Å². The maximum absolute atomic E-state index is 12.7. The Balaban J connectivity index is 1.98. The van der Waals surface area contributed by atoms with Gasteiger partial charge >= 0.3 is 0 Å². The van der Waals surface area contributed by atoms with E-state index in [9.17, 15) is 4.79 Å². The van der Waals surface area contributed by atoms with Crippen molar-refractivity contribution in [3.63, 3.8) is 0 Å². The Labute approximate surface area is 112 Å². The van der Waals surface area contributed by atoms with E-state index in [2.05, 4.69) is 4.98 Å². The summed E-state index contributed by atoms with van der Waals surface area (Å²) in [6, 6.07) is 7.76. The highest BCUT2D eigenvalue weighted by molar-refractivity contribution is 5.98. The fourth-order valence-electron chi connectivity index (χ4n) is 2.56. The summed E-state index contributed by atoms with van der Waals surface area (Å²) >= 11 is 0. The summed E-state index contributed by atoms with van der Waals surface area (Å²) in [6.45, 7) is 3.35. The molecule has 1 aromatic carbocycles. The molecule has 0 saturated heterocycles. The molecule has 2 heterocycles. The van der Waals surface area contributed by atoms with Crippen molar-refractivity contribution in [2.75, 3.05) is 6.61 Å². The standard InChI is InChI=1S/C15H16N2O2/c1-2-17-9-8-16-15(17)14(18)12-7-10-19-13-6-4-3-5-11(12)13/h3-6,8-9,12H,2,7,10H2,1H3. The number of aryl methyl sites for hydroxylation is 1. The van der Waals surface area contributed by atoms with Crippen LogP contribution >= 0.6 is 0 Å². The van der Waals surface area contributed by atoms with Crippen LogP contribution in [0.4, 0.5) is 0 Å². The summed E-state index contributed by atoms with van der Waals surface area (Å²) in [7, 11) is 0. The zero-order valence-corrected chi connectivity index (χ0v) is 10.9. The minimum atomic E-state index is -0.141. The average Bonchev–Trinajstić information content (AvgIpc) is 2.94. The normalized spacial score (nSPS) is 17.6. The van der Waals surface area contributed by atoms with Gasteiger partial charge in [-0.2, -0.15) is 0 Å². The Bertz CT molecular complexity index is 604. The van der Waals surface area contributed by atoms with Gasteiger partial charge in [0.2, 0.25) is 5.78 Å². The highest BCUT2D eigenvalue weighted by atomic mass is 16.5. The highest BCUT2D eigenvalue weighted by Crippen LogP contribution is 2.35. The summed E-state index contributed by atoms with van der Waals surface area (Å²) in [5.41, 5.74) is 0.976. The number of hydrogen-bond acceptors (Lipinski definition) is 3. The Morgan fingerprint density at radius 3 is 3.16 bits per heavy atom. The number of ether oxygens (including phenoxy) is 1. The van der Waals surface area contributed by atoms with Crippen LogP contribution in [0.2, 0.25) is 0 Å². The molecule has 19 heavy (non-hydrogen) atoms. The second-order valence-corrected chi connectivity index (χ2v) is 4.63. The largest absolute Gasteiger partial charge is 0.493 e. The smallest absolute Gasteiger partial charge is 0.205 e. The summed E-state index contributed by atoms with van der Waals surface area (Å²) in [4.78, 5) is 16.9. The van der Waals surface area contributed by atoms with E-state index < -0.39 is 0 Å². The molecule has 0 bridgehead atoms. The van der Waals surface area contributed by atoms with Crippen molar-refractivity contribution in [3.05, 3.63) is 48.0 Å². The molecule has 0 amide bonds. The van der Waals surface area contributed by atoms with Crippen molar-refractivity contribution in [1.29, 1.82) is 0 Å². The number of nitrogens with zero attached hydrogens (tertiary/aromatic N) is 2. The van der Waals surface area contributed by atoms with Crippen LogP contribution in [0, 0.1) is 0 Å². The molecule has 1 aliphatic rings. The van der Waals surface area contributed by atoms with Crippen LogP contribution in [-0.4, -0.2) is 21.9 Å². The second-order valence-electron chi connectivity index (χ2n) is 4.63. The molecular formula is C15H16N2O2. The van der Waals surface area contributed by atoms with E-state index in [0.717, 1.165) is 17.9 Å². The molecule has 0 fully saturated rings. The van der Waals surface area contributed by atoms with Gasteiger partial charge in [-0.3, -0.25) is 4.79 Å². The van der Waals surface area contributed by atoms with Crippen LogP contribution in [0.25, 0.3) is 0 Å². The molecule has 0 aliphatic carbocycles. The molecule has 4 heteroatoms. The van der Waals surface area contributed by atoms with Gasteiger partial charge in [0.15, 0.2) is 5.82 Å². The Kier molecular flexibility index (Phi) is 3.07. The molecule has 0 spiro atoms. The number of para-hydroxylation sites is 1. The minimum Gasteiger partial charge on any atom is -0.493 e. The van der Waals surface area contributed by atoms with Gasteiger partial charge in [0, 0.05) is 24.5 Å². The van der Waals surface area contributed by atoms with Gasteiger partial charge in [0.1, 0.15) is 5.75 Å². The van der Waals surface area contributed by atoms with Crippen molar-refractivity contribution >= 4 is 5.78 Å². The first-order chi connectivity index (χ1) is 9.31. The van der Waals surface area contributed by atoms with Crippen molar-refractivity contribution in [3.8, 4) is 5.75 Å². The van der Waals surface area contributed by atoms with E-state index >= 15 is 0 Å². The molecule has 98 valence electrons. The summed E-state index contributed by atoms with van der Waals surface area (Å²) in [6.07, 6.45) is 4.24. The number of Topliss-reactive ketones (excluding diaryl/α,β-unsaturated/α-hetero) is 1. The number of imidazole rings is 1. The van der Waals surface area contributed by atoms with Crippen LogP contribution < -0.4 is 4.74 Å². The SMILES string of the molecule is CCn1ccnc1C(=O)C1CCOc2ccccc21. The van der Waals surface area contributed by atoms with Gasteiger partial charge in [0.05, 0.1) is 12.5 Å². The van der Waals surface area contributed by atoms with E-state index in [0.29, 0.717) is 18.9 Å². The lowest BCUT2D eigenvalue weighted by Crippen LogP contribution is -2.23. The molecule has 0 radical (unpaired) electrons. The van der Waals surface area contributed by atoms with Gasteiger partial charge in [0.25, 0.3) is 0 Å². The second kappa shape index (κ2) is 4.88. The van der Waals surface area contributed by atoms with Gasteiger partial charge in [-0.05, 0) is 19.4 Å². The molecule has 4 nitrogen and oxygen atoms in total. The lowest BCUT2D eigenvalue weighted by atomic mass is 9.89. The van der Waals surface area contributed by atoms with Gasteiger partial charge in [-0.15, -0.1) is 0 Å². The van der Waals surface area contributed by atoms with Crippen molar-refractivity contribution in [1.82, 2.24) is 9.55 Å². The molecule has 0 N–H and O–H groups in total. The third kappa shape index (κ3) is 2.03. The number of fused-ring (bicyclic) bond motifs is 1. The quantitative estimate of drug-likeness (QED) is 0.793. The molecule has 0 saturated carbocycles. The average molecular weight is 256 g/mol. The predicted octanol–water partition coefficient (Wildman–Crippen LogP) is 2.65. The van der Waals surface area contributed by atoms with E-state index in [1.54, 1.807) is 6.20 Å². The number of ketones is 1. The van der Waals surface area contributed by atoms with Gasteiger partial charge in [-0.1, -0.05) is 18.2 Å². The molecule has 1 atom stereocenters. The monoisotopic (exact) mass is 256 g/mol. The molecule has 2 aromatic rings. The van der Waals surface area contributed by atoms with Crippen LogP contribution in [0.15, 0.2) is 36.7 Å². The van der Waals surface area contributed by atoms with Crippen LogP contribution in [0.1, 0.15) is 35.4 Å². The zero-order valence-electron chi connectivity index (χ0n) is 10.9. The van der Waals surface area contributed by atoms with Crippen molar-refractivity contribution in [2.24, 2.45) is 0 Å². The number of rotatable bonds is 3. The fraction of sp³-hybridized carbons (Fsp3) is 0.333. The van der Waals surface area contributed by atoms with Crippen molar-refractivity contribution in [2.45, 2.75) is 25.8 Å². The fourth-order valence-corrected chi connectivity index (χ4v) is 2.56. The van der Waals surface area contributed by atoms with E-state index in [1.807, 2.05) is 42.0 Å². The number of hydrogen-bond donors (Lipinski definition) is 0.